The fourth-order valence-electron chi connectivity index (χ4n) is 1.70. The Balaban J connectivity index is 4.14. The number of carbonyl (C=O) groups excluding carboxylic acids is 2. The predicted octanol–water partition coefficient (Wildman–Crippen LogP) is 0.663. The molecule has 0 atom stereocenters. The van der Waals surface area contributed by atoms with Crippen molar-refractivity contribution in [3.05, 3.63) is 12.2 Å². The van der Waals surface area contributed by atoms with E-state index in [1.807, 2.05) is 13.8 Å². The zero-order valence-corrected chi connectivity index (χ0v) is 15.1. The molecule has 0 spiro atoms. The molecule has 0 aliphatic rings. The predicted molar refractivity (Wildman–Crippen MR) is 89.7 cm³/mol. The monoisotopic (exact) mass is 314 g/mol. The lowest BCUT2D eigenvalue weighted by atomic mass is 10.3. The summed E-state index contributed by atoms with van der Waals surface area (Å²) in [5.74, 6) is 0.166. The second kappa shape index (κ2) is 9.58. The van der Waals surface area contributed by atoms with Crippen molar-refractivity contribution in [3.63, 3.8) is 0 Å². The summed E-state index contributed by atoms with van der Waals surface area (Å²) < 4.78 is 1.42. The number of carbonyl (C=O) groups is 2. The van der Waals surface area contributed by atoms with Crippen LogP contribution < -0.4 is 10.6 Å². The van der Waals surface area contributed by atoms with Crippen LogP contribution in [0.4, 0.5) is 0 Å². The molecule has 0 aromatic carbocycles. The fourth-order valence-corrected chi connectivity index (χ4v) is 1.70. The zero-order chi connectivity index (χ0) is 17.2. The third-order valence-electron chi connectivity index (χ3n) is 3.42. The number of nitrogens with one attached hydrogen (secondary N) is 2. The van der Waals surface area contributed by atoms with Crippen LogP contribution in [0.1, 0.15) is 26.7 Å². The largest absolute Gasteiger partial charge is 0.309 e. The molecule has 0 aromatic heterocycles. The Morgan fingerprint density at radius 2 is 1.09 bits per heavy atom. The lowest BCUT2D eigenvalue weighted by molar-refractivity contribution is -0.888. The van der Waals surface area contributed by atoms with Gasteiger partial charge in [-0.25, -0.2) is 0 Å². The minimum Gasteiger partial charge on any atom is -0.309 e. The Morgan fingerprint density at radius 1 is 0.773 bits per heavy atom. The van der Waals surface area contributed by atoms with Gasteiger partial charge in [0.15, 0.2) is 13.3 Å². The van der Waals surface area contributed by atoms with Crippen LogP contribution >= 0.6 is 0 Å². The Kier molecular flexibility index (Phi) is 8.97. The van der Waals surface area contributed by atoms with Crippen molar-refractivity contribution in [2.45, 2.75) is 26.7 Å². The van der Waals surface area contributed by atoms with Gasteiger partial charge in [-0.05, 0) is 12.2 Å². The van der Waals surface area contributed by atoms with Gasteiger partial charge >= 0.3 is 0 Å². The van der Waals surface area contributed by atoms with Crippen LogP contribution in [0.25, 0.3) is 0 Å². The van der Waals surface area contributed by atoms with Crippen LogP contribution in [0.5, 0.6) is 0 Å². The minimum absolute atomic E-state index is 0.0830. The summed E-state index contributed by atoms with van der Waals surface area (Å²) in [7, 11) is 8.34. The number of hydrogen-bond acceptors (Lipinski definition) is 2. The molecule has 6 heteroatoms. The first-order valence-electron chi connectivity index (χ1n) is 7.94. The number of nitrogens with zero attached hydrogens (tertiary/aromatic N) is 2. The molecule has 0 aliphatic carbocycles. The van der Waals surface area contributed by atoms with E-state index in [9.17, 15) is 9.59 Å². The average Bonchev–Trinajstić information content (AvgIpc) is 2.47. The van der Waals surface area contributed by atoms with Gasteiger partial charge in [0.2, 0.25) is 11.8 Å². The zero-order valence-electron chi connectivity index (χ0n) is 15.1. The molecule has 0 heterocycles. The molecule has 0 saturated heterocycles. The standard InChI is InChI=1S/C16H32N4O2/c1-7-15(21)17-13-19(3,4)11-9-10-12-20(5,6)14-18-16(22)8-2/h9-10H,7-8,11-14H2,1-6H3/p+2/b10-9+. The second-order valence-corrected chi connectivity index (χ2v) is 6.93. The van der Waals surface area contributed by atoms with E-state index in [4.69, 9.17) is 0 Å². The maximum Gasteiger partial charge on any atom is 0.223 e. The highest BCUT2D eigenvalue weighted by atomic mass is 16.2. The smallest absolute Gasteiger partial charge is 0.223 e. The third kappa shape index (κ3) is 10.3. The summed E-state index contributed by atoms with van der Waals surface area (Å²) >= 11 is 0. The Labute approximate surface area is 135 Å². The van der Waals surface area contributed by atoms with Gasteiger partial charge in [-0.15, -0.1) is 0 Å². The van der Waals surface area contributed by atoms with Gasteiger partial charge in [-0.1, -0.05) is 13.8 Å². The van der Waals surface area contributed by atoms with Gasteiger partial charge in [-0.3, -0.25) is 9.59 Å². The Hall–Kier alpha value is -1.40. The van der Waals surface area contributed by atoms with Crippen molar-refractivity contribution < 1.29 is 18.6 Å². The van der Waals surface area contributed by atoms with E-state index in [0.717, 1.165) is 13.1 Å². The van der Waals surface area contributed by atoms with Crippen molar-refractivity contribution in [2.24, 2.45) is 0 Å². The lowest BCUT2D eigenvalue weighted by Crippen LogP contribution is -2.49. The normalized spacial score (nSPS) is 12.5. The molecule has 0 fully saturated rings. The SMILES string of the molecule is CCC(=O)NC[N+](C)(C)C/C=C/C[N+](C)(C)CNC(=O)CC. The molecule has 0 aromatic rings. The summed E-state index contributed by atoms with van der Waals surface area (Å²) in [4.78, 5) is 22.6. The van der Waals surface area contributed by atoms with Crippen molar-refractivity contribution in [1.82, 2.24) is 10.6 Å². The van der Waals surface area contributed by atoms with E-state index < -0.39 is 0 Å². The van der Waals surface area contributed by atoms with Gasteiger partial charge in [-0.2, -0.15) is 0 Å². The highest BCUT2D eigenvalue weighted by Gasteiger charge is 2.15. The van der Waals surface area contributed by atoms with Crippen molar-refractivity contribution in [3.8, 4) is 0 Å². The highest BCUT2D eigenvalue weighted by Crippen LogP contribution is 1.99. The number of likely N-dealkylation sites (N-methyl/N-ethyl adjacent to an activating group) is 2. The summed E-state index contributed by atoms with van der Waals surface area (Å²) in [6.45, 7) is 6.67. The second-order valence-electron chi connectivity index (χ2n) is 6.93. The van der Waals surface area contributed by atoms with Crippen LogP contribution in [-0.2, 0) is 9.59 Å². The van der Waals surface area contributed by atoms with E-state index in [0.29, 0.717) is 35.1 Å². The van der Waals surface area contributed by atoms with Gasteiger partial charge in [0.25, 0.3) is 0 Å². The molecule has 2 amide bonds. The summed E-state index contributed by atoms with van der Waals surface area (Å²) in [6, 6.07) is 0. The van der Waals surface area contributed by atoms with Crippen LogP contribution in [-0.4, -0.2) is 75.4 Å². The fraction of sp³-hybridized carbons (Fsp3) is 0.750. The molecule has 0 unspecified atom stereocenters. The van der Waals surface area contributed by atoms with Gasteiger partial charge in [0.05, 0.1) is 41.3 Å². The van der Waals surface area contributed by atoms with E-state index in [1.165, 1.54) is 0 Å². The number of quaternary nitrogens is 2. The minimum atomic E-state index is 0.0830. The van der Waals surface area contributed by atoms with Crippen LogP contribution in [0, 0.1) is 0 Å². The molecule has 0 radical (unpaired) electrons. The molecule has 6 nitrogen and oxygen atoms in total. The molecular formula is C16H34N4O2+2. The molecule has 22 heavy (non-hydrogen) atoms. The number of rotatable bonds is 10. The summed E-state index contributed by atoms with van der Waals surface area (Å²) in [6.07, 6.45) is 5.31. The Bertz CT molecular complexity index is 354. The number of amides is 2. The summed E-state index contributed by atoms with van der Waals surface area (Å²) in [5.41, 5.74) is 0. The van der Waals surface area contributed by atoms with Crippen molar-refractivity contribution >= 4 is 11.8 Å². The highest BCUT2D eigenvalue weighted by molar-refractivity contribution is 5.75. The maximum absolute atomic E-state index is 11.3. The van der Waals surface area contributed by atoms with Gasteiger partial charge in [0.1, 0.15) is 0 Å². The van der Waals surface area contributed by atoms with E-state index >= 15 is 0 Å². The molecule has 0 bridgehead atoms. The lowest BCUT2D eigenvalue weighted by Gasteiger charge is -2.30. The van der Waals surface area contributed by atoms with Crippen LogP contribution in [0.15, 0.2) is 12.2 Å². The van der Waals surface area contributed by atoms with Crippen molar-refractivity contribution in [2.75, 3.05) is 54.6 Å². The molecule has 2 N–H and O–H groups in total. The molecular weight excluding hydrogens is 280 g/mol. The van der Waals surface area contributed by atoms with E-state index in [-0.39, 0.29) is 11.8 Å². The van der Waals surface area contributed by atoms with Crippen LogP contribution in [0.2, 0.25) is 0 Å². The molecule has 128 valence electrons. The first kappa shape index (κ1) is 20.6. The first-order chi connectivity index (χ1) is 10.1. The Morgan fingerprint density at radius 3 is 1.36 bits per heavy atom. The van der Waals surface area contributed by atoms with Gasteiger partial charge in [0, 0.05) is 12.8 Å². The van der Waals surface area contributed by atoms with Crippen LogP contribution in [0.3, 0.4) is 0 Å². The van der Waals surface area contributed by atoms with E-state index in [1.54, 1.807) is 0 Å². The molecule has 0 rings (SSSR count). The van der Waals surface area contributed by atoms with Gasteiger partial charge < -0.3 is 19.6 Å². The average molecular weight is 314 g/mol. The first-order valence-corrected chi connectivity index (χ1v) is 7.94. The van der Waals surface area contributed by atoms with Crippen molar-refractivity contribution in [1.29, 1.82) is 0 Å². The van der Waals surface area contributed by atoms with E-state index in [2.05, 4.69) is 51.0 Å². The maximum atomic E-state index is 11.3. The quantitative estimate of drug-likeness (QED) is 0.354. The third-order valence-corrected chi connectivity index (χ3v) is 3.42. The number of hydrogen-bond donors (Lipinski definition) is 2. The molecule has 0 saturated carbocycles. The topological polar surface area (TPSA) is 58.2 Å². The summed E-state index contributed by atoms with van der Waals surface area (Å²) in [5, 5.41) is 5.83. The molecule has 0 aliphatic heterocycles.